The molecule has 4 amide bonds. The van der Waals surface area contributed by atoms with Crippen LogP contribution in [0.2, 0.25) is 5.04 Å². The second-order valence-corrected chi connectivity index (χ2v) is 21.7. The molecule has 12 heteroatoms. The maximum atomic E-state index is 14.3. The third-order valence-corrected chi connectivity index (χ3v) is 17.1. The van der Waals surface area contributed by atoms with Gasteiger partial charge in [-0.1, -0.05) is 136 Å². The van der Waals surface area contributed by atoms with Gasteiger partial charge in [-0.25, -0.2) is 0 Å². The summed E-state index contributed by atoms with van der Waals surface area (Å²) in [5.74, 6) is -1.16. The van der Waals surface area contributed by atoms with Crippen LogP contribution >= 0.6 is 0 Å². The highest BCUT2D eigenvalue weighted by molar-refractivity contribution is 6.99. The van der Waals surface area contributed by atoms with Crippen molar-refractivity contribution in [1.29, 1.82) is 0 Å². The zero-order valence-electron chi connectivity index (χ0n) is 37.2. The number of nitrogens with one attached hydrogen (secondary N) is 3. The first-order valence-electron chi connectivity index (χ1n) is 22.2. The Kier molecular flexibility index (Phi) is 15.9. The number of carbonyl (C=O) groups is 5. The molecule has 5 atom stereocenters. The molecule has 0 spiro atoms. The second-order valence-electron chi connectivity index (χ2n) is 17.5. The van der Waals surface area contributed by atoms with Gasteiger partial charge < -0.3 is 30.0 Å². The highest BCUT2D eigenvalue weighted by Gasteiger charge is 2.51. The summed E-state index contributed by atoms with van der Waals surface area (Å²) in [6.45, 7) is 11.1. The van der Waals surface area contributed by atoms with Gasteiger partial charge in [0.25, 0.3) is 8.32 Å². The van der Waals surface area contributed by atoms with E-state index < -0.39 is 56.3 Å². The molecule has 6 rings (SSSR count). The minimum absolute atomic E-state index is 0.0732. The molecule has 2 heterocycles. The van der Waals surface area contributed by atoms with Crippen molar-refractivity contribution in [2.24, 2.45) is 0 Å². The van der Waals surface area contributed by atoms with Crippen LogP contribution in [0.15, 0.2) is 127 Å². The maximum Gasteiger partial charge on any atom is 0.262 e. The number of benzene rings is 4. The molecule has 0 radical (unpaired) electrons. The Hall–Kier alpha value is -5.85. The van der Waals surface area contributed by atoms with E-state index in [4.69, 9.17) is 9.16 Å². The van der Waals surface area contributed by atoms with Crippen molar-refractivity contribution in [1.82, 2.24) is 20.9 Å². The molecule has 4 aromatic carbocycles. The number of fused-ring (bicyclic) bond motifs is 1. The molecule has 63 heavy (non-hydrogen) atoms. The number of carbonyl (C=O) groups excluding carboxylic acids is 5. The fraction of sp³-hybridized carbons (Fsp3) is 0.392. The van der Waals surface area contributed by atoms with E-state index in [1.165, 1.54) is 0 Å². The number of hydrogen-bond donors (Lipinski definition) is 3. The van der Waals surface area contributed by atoms with Gasteiger partial charge in [0.05, 0.1) is 6.61 Å². The number of nitrogens with zero attached hydrogens (tertiary/aromatic N) is 1. The molecule has 3 N–H and O–H groups in total. The highest BCUT2D eigenvalue weighted by atomic mass is 28.4. The molecule has 0 bridgehead atoms. The fourth-order valence-electron chi connectivity index (χ4n) is 8.74. The predicted octanol–water partition coefficient (Wildman–Crippen LogP) is 5.59. The molecular weight excluding hydrogens is 809 g/mol. The van der Waals surface area contributed by atoms with Crippen LogP contribution in [0.4, 0.5) is 0 Å². The van der Waals surface area contributed by atoms with Crippen LogP contribution < -0.4 is 31.1 Å². The van der Waals surface area contributed by atoms with Crippen LogP contribution in [-0.2, 0) is 41.2 Å². The highest BCUT2D eigenvalue weighted by Crippen LogP contribution is 2.37. The van der Waals surface area contributed by atoms with E-state index in [0.717, 1.165) is 21.5 Å². The van der Waals surface area contributed by atoms with Gasteiger partial charge in [-0.3, -0.25) is 24.0 Å². The van der Waals surface area contributed by atoms with Crippen LogP contribution in [0.1, 0.15) is 77.8 Å². The summed E-state index contributed by atoms with van der Waals surface area (Å²) in [6, 6.07) is 33.3. The van der Waals surface area contributed by atoms with Crippen molar-refractivity contribution >= 4 is 48.1 Å². The monoisotopic (exact) mass is 870 g/mol. The summed E-state index contributed by atoms with van der Waals surface area (Å²) < 4.78 is 12.6. The minimum atomic E-state index is -2.96. The predicted molar refractivity (Wildman–Crippen MR) is 248 cm³/mol. The molecule has 2 saturated heterocycles. The molecule has 11 nitrogen and oxygen atoms in total. The Morgan fingerprint density at radius 3 is 1.87 bits per heavy atom. The summed E-state index contributed by atoms with van der Waals surface area (Å²) in [5.41, 5.74) is 1.63. The van der Waals surface area contributed by atoms with E-state index in [9.17, 15) is 24.0 Å². The lowest BCUT2D eigenvalue weighted by molar-refractivity contribution is -0.143. The number of ketones is 1. The van der Waals surface area contributed by atoms with E-state index in [-0.39, 0.29) is 42.4 Å². The molecule has 0 saturated carbocycles. The number of ether oxygens (including phenoxy) is 1. The number of allylic oxidation sites excluding steroid dienone is 2. The van der Waals surface area contributed by atoms with E-state index in [2.05, 4.69) is 61.0 Å². The van der Waals surface area contributed by atoms with Crippen molar-refractivity contribution in [3.8, 4) is 5.75 Å². The minimum Gasteiger partial charge on any atom is -0.494 e. The van der Waals surface area contributed by atoms with Gasteiger partial charge in [-0.15, -0.1) is 0 Å². The number of amides is 4. The van der Waals surface area contributed by atoms with Crippen LogP contribution in [-0.4, -0.2) is 86.1 Å². The third-order valence-electron chi connectivity index (χ3n) is 12.0. The zero-order chi connectivity index (χ0) is 45.0. The number of rotatable bonds is 16. The van der Waals surface area contributed by atoms with Gasteiger partial charge in [0, 0.05) is 25.8 Å². The molecule has 4 aromatic rings. The first kappa shape index (κ1) is 46.6. The molecule has 0 unspecified atom stereocenters. The van der Waals surface area contributed by atoms with Crippen LogP contribution in [0.25, 0.3) is 0 Å². The largest absolute Gasteiger partial charge is 0.494 e. The second kappa shape index (κ2) is 21.5. The standard InChI is InChI=1S/C51H62N4O7Si/c1-6-61-39-31-29-38(30-32-39)34-43-48(58)54-44(35-37-20-11-7-12-21-37)50(60)55-33-19-27-45(55)49(59)52-42(47(57)53-43)26-17-10-18-28-46(56)36(2)62-63(51(3,4)5,40-22-13-8-14-23-40)41-24-15-9-16-25-41/h7-16,18,20-25,29-32,36,42-45H,6,17,19,26-28,33-35H2,1-5H3,(H,52,59)(H,53,57)(H,54,58)/t36-,42+,43-,44+,45-/m1/s1. The Balaban J connectivity index is 1.18. The molecule has 2 aliphatic rings. The third kappa shape index (κ3) is 11.6. The van der Waals surface area contributed by atoms with Gasteiger partial charge in [-0.05, 0) is 78.2 Å². The van der Waals surface area contributed by atoms with Crippen molar-refractivity contribution in [2.75, 3.05) is 13.2 Å². The van der Waals surface area contributed by atoms with Gasteiger partial charge in [0.15, 0.2) is 5.78 Å². The van der Waals surface area contributed by atoms with Crippen molar-refractivity contribution < 1.29 is 33.1 Å². The van der Waals surface area contributed by atoms with E-state index in [1.54, 1.807) is 11.0 Å². The first-order chi connectivity index (χ1) is 30.3. The van der Waals surface area contributed by atoms with E-state index >= 15 is 0 Å². The maximum absolute atomic E-state index is 14.3. The van der Waals surface area contributed by atoms with Gasteiger partial charge in [-0.2, -0.15) is 0 Å². The van der Waals surface area contributed by atoms with Crippen molar-refractivity contribution in [3.63, 3.8) is 0 Å². The molecule has 0 aromatic heterocycles. The lowest BCUT2D eigenvalue weighted by Gasteiger charge is -2.44. The molecule has 2 aliphatic heterocycles. The Morgan fingerprint density at radius 1 is 0.730 bits per heavy atom. The van der Waals surface area contributed by atoms with Gasteiger partial charge in [0.1, 0.15) is 36.0 Å². The normalized spacial score (nSPS) is 20.5. The SMILES string of the molecule is CCOc1ccc(C[C@H]2NC(=O)[C@H](CCC=CCC(=O)[C@@H](C)O[Si](c3ccccc3)(c3ccccc3)C(C)(C)C)NC(=O)[C@H]3CCCN3C(=O)[C@H](Cc3ccccc3)NC2=O)cc1. The summed E-state index contributed by atoms with van der Waals surface area (Å²) in [5, 5.41) is 10.7. The lowest BCUT2D eigenvalue weighted by Crippen LogP contribution is -2.68. The topological polar surface area (TPSA) is 143 Å². The molecule has 0 aliphatic carbocycles. The Labute approximate surface area is 373 Å². The van der Waals surface area contributed by atoms with Gasteiger partial charge >= 0.3 is 0 Å². The first-order valence-corrected chi connectivity index (χ1v) is 24.2. The summed E-state index contributed by atoms with van der Waals surface area (Å²) in [7, 11) is -2.96. The molecular formula is C51H62N4O7Si. The van der Waals surface area contributed by atoms with Crippen molar-refractivity contribution in [2.45, 2.75) is 115 Å². The van der Waals surface area contributed by atoms with E-state index in [0.29, 0.717) is 38.2 Å². The molecule has 2 fully saturated rings. The van der Waals surface area contributed by atoms with Crippen LogP contribution in [0, 0.1) is 0 Å². The Bertz CT molecular complexity index is 2160. The summed E-state index contributed by atoms with van der Waals surface area (Å²) >= 11 is 0. The smallest absolute Gasteiger partial charge is 0.262 e. The zero-order valence-corrected chi connectivity index (χ0v) is 38.2. The fourth-order valence-corrected chi connectivity index (χ4v) is 13.4. The average Bonchev–Trinajstić information content (AvgIpc) is 3.78. The Morgan fingerprint density at radius 2 is 1.27 bits per heavy atom. The van der Waals surface area contributed by atoms with Crippen LogP contribution in [0.5, 0.6) is 5.75 Å². The number of Topliss-reactive ketones (excluding diaryl/α,β-unsaturated/α-hetero) is 1. The van der Waals surface area contributed by atoms with Crippen molar-refractivity contribution in [3.05, 3.63) is 139 Å². The van der Waals surface area contributed by atoms with Crippen LogP contribution in [0.3, 0.4) is 0 Å². The average molecular weight is 871 g/mol. The summed E-state index contributed by atoms with van der Waals surface area (Å²) in [4.78, 5) is 72.0. The number of hydrogen-bond acceptors (Lipinski definition) is 7. The lowest BCUT2D eigenvalue weighted by atomic mass is 10.00. The van der Waals surface area contributed by atoms with E-state index in [1.807, 2.05) is 111 Å². The summed E-state index contributed by atoms with van der Waals surface area (Å²) in [6.07, 6.45) is 5.03. The quantitative estimate of drug-likeness (QED) is 0.0985. The van der Waals surface area contributed by atoms with Gasteiger partial charge in [0.2, 0.25) is 23.6 Å². The molecule has 332 valence electrons.